The van der Waals surface area contributed by atoms with Crippen LogP contribution in [0.25, 0.3) is 0 Å². The molecule has 0 spiro atoms. The van der Waals surface area contributed by atoms with Gasteiger partial charge < -0.3 is 10.2 Å². The molecular weight excluding hydrogens is 320 g/mol. The van der Waals surface area contributed by atoms with Crippen molar-refractivity contribution in [3.05, 3.63) is 64.4 Å². The predicted molar refractivity (Wildman–Crippen MR) is 102 cm³/mol. The van der Waals surface area contributed by atoms with Gasteiger partial charge in [-0.2, -0.15) is 0 Å². The molecular formula is C19H25ClN4. The van der Waals surface area contributed by atoms with Crippen LogP contribution in [0, 0.1) is 6.92 Å². The van der Waals surface area contributed by atoms with E-state index in [0.29, 0.717) is 0 Å². The van der Waals surface area contributed by atoms with Crippen LogP contribution in [0.2, 0.25) is 5.02 Å². The van der Waals surface area contributed by atoms with Gasteiger partial charge in [0.25, 0.3) is 0 Å². The Balaban J connectivity index is 2.02. The third-order valence-electron chi connectivity index (χ3n) is 3.84. The Hall–Kier alpha value is -2.07. The predicted octanol–water partition coefficient (Wildman–Crippen LogP) is 3.68. The van der Waals surface area contributed by atoms with Crippen molar-refractivity contribution in [3.8, 4) is 0 Å². The van der Waals surface area contributed by atoms with Crippen LogP contribution in [0.5, 0.6) is 0 Å². The van der Waals surface area contributed by atoms with Gasteiger partial charge in [0.05, 0.1) is 0 Å². The van der Waals surface area contributed by atoms with Crippen molar-refractivity contribution < 1.29 is 0 Å². The van der Waals surface area contributed by atoms with Crippen LogP contribution in [-0.4, -0.2) is 36.0 Å². The Morgan fingerprint density at radius 1 is 1.25 bits per heavy atom. The lowest BCUT2D eigenvalue weighted by Crippen LogP contribution is -2.38. The summed E-state index contributed by atoms with van der Waals surface area (Å²) in [4.78, 5) is 11.0. The molecule has 0 aliphatic heterocycles. The fourth-order valence-electron chi connectivity index (χ4n) is 2.49. The molecule has 0 saturated carbocycles. The molecule has 24 heavy (non-hydrogen) atoms. The number of hydrogen-bond acceptors (Lipinski definition) is 2. The monoisotopic (exact) mass is 344 g/mol. The average molecular weight is 345 g/mol. The Kier molecular flexibility index (Phi) is 7.07. The van der Waals surface area contributed by atoms with E-state index in [1.54, 1.807) is 0 Å². The lowest BCUT2D eigenvalue weighted by molar-refractivity contribution is 0.477. The first kappa shape index (κ1) is 18.3. The van der Waals surface area contributed by atoms with Crippen molar-refractivity contribution in [2.75, 3.05) is 20.1 Å². The number of pyridine rings is 1. The van der Waals surface area contributed by atoms with E-state index in [2.05, 4.69) is 35.1 Å². The summed E-state index contributed by atoms with van der Waals surface area (Å²) in [6, 6.07) is 9.97. The number of aryl methyl sites for hydroxylation is 1. The summed E-state index contributed by atoms with van der Waals surface area (Å²) in [5, 5.41) is 4.13. The number of halogens is 1. The third kappa shape index (κ3) is 5.24. The standard InChI is InChI=1S/C19H25ClN4/c1-4-22-19(23-12-10-16-9-11-21-13-15(16)2)24(3)14-17-7-5-6-8-18(17)20/h5-9,11,13H,4,10,12,14H2,1-3H3,(H,22,23). The number of benzene rings is 1. The normalized spacial score (nSPS) is 11.4. The van der Waals surface area contributed by atoms with Gasteiger partial charge in [-0.15, -0.1) is 0 Å². The number of guanidine groups is 1. The third-order valence-corrected chi connectivity index (χ3v) is 4.21. The quantitative estimate of drug-likeness (QED) is 0.642. The topological polar surface area (TPSA) is 40.5 Å². The molecule has 2 rings (SSSR count). The molecule has 0 amide bonds. The first-order chi connectivity index (χ1) is 11.6. The SMILES string of the molecule is CCNC(=NCCc1ccncc1C)N(C)Cc1ccccc1Cl. The molecule has 128 valence electrons. The van der Waals surface area contributed by atoms with Gasteiger partial charge in [0.15, 0.2) is 5.96 Å². The van der Waals surface area contributed by atoms with E-state index in [1.165, 1.54) is 11.1 Å². The molecule has 0 fully saturated rings. The number of hydrogen-bond donors (Lipinski definition) is 1. The molecule has 1 N–H and O–H groups in total. The van der Waals surface area contributed by atoms with Crippen LogP contribution in [-0.2, 0) is 13.0 Å². The summed E-state index contributed by atoms with van der Waals surface area (Å²) in [5.74, 6) is 0.893. The molecule has 0 aliphatic rings. The maximum Gasteiger partial charge on any atom is 0.193 e. The zero-order valence-corrected chi connectivity index (χ0v) is 15.3. The lowest BCUT2D eigenvalue weighted by Gasteiger charge is -2.22. The molecule has 1 aromatic carbocycles. The molecule has 0 bridgehead atoms. The summed E-state index contributed by atoms with van der Waals surface area (Å²) in [6.45, 7) is 6.45. The van der Waals surface area contributed by atoms with E-state index in [-0.39, 0.29) is 0 Å². The van der Waals surface area contributed by atoms with Gasteiger partial charge in [-0.3, -0.25) is 9.98 Å². The summed E-state index contributed by atoms with van der Waals surface area (Å²) in [6.07, 6.45) is 4.64. The minimum atomic E-state index is 0.722. The maximum absolute atomic E-state index is 6.26. The van der Waals surface area contributed by atoms with Crippen LogP contribution in [0.3, 0.4) is 0 Å². The number of aliphatic imine (C=N–C) groups is 1. The summed E-state index contributed by atoms with van der Waals surface area (Å²) >= 11 is 6.26. The molecule has 0 atom stereocenters. The van der Waals surface area contributed by atoms with Crippen molar-refractivity contribution in [3.63, 3.8) is 0 Å². The van der Waals surface area contributed by atoms with Crippen molar-refractivity contribution in [2.45, 2.75) is 26.8 Å². The molecule has 5 heteroatoms. The molecule has 0 aliphatic carbocycles. The lowest BCUT2D eigenvalue weighted by atomic mass is 10.1. The Bertz CT molecular complexity index is 685. The second kappa shape index (κ2) is 9.28. The number of nitrogens with one attached hydrogen (secondary N) is 1. The van der Waals surface area contributed by atoms with Gasteiger partial charge in [-0.25, -0.2) is 0 Å². The van der Waals surface area contributed by atoms with E-state index < -0.39 is 0 Å². The van der Waals surface area contributed by atoms with Crippen LogP contribution in [0.1, 0.15) is 23.6 Å². The van der Waals surface area contributed by atoms with Crippen molar-refractivity contribution in [1.29, 1.82) is 0 Å². The zero-order chi connectivity index (χ0) is 17.4. The first-order valence-corrected chi connectivity index (χ1v) is 8.62. The minimum Gasteiger partial charge on any atom is -0.357 e. The molecule has 1 heterocycles. The van der Waals surface area contributed by atoms with Crippen molar-refractivity contribution >= 4 is 17.6 Å². The Morgan fingerprint density at radius 3 is 2.75 bits per heavy atom. The minimum absolute atomic E-state index is 0.722. The molecule has 0 unspecified atom stereocenters. The summed E-state index contributed by atoms with van der Waals surface area (Å²) < 4.78 is 0. The molecule has 1 aromatic heterocycles. The first-order valence-electron chi connectivity index (χ1n) is 8.24. The van der Waals surface area contributed by atoms with E-state index in [1.807, 2.05) is 43.7 Å². The maximum atomic E-state index is 6.26. The highest BCUT2D eigenvalue weighted by molar-refractivity contribution is 6.31. The fourth-order valence-corrected chi connectivity index (χ4v) is 2.69. The van der Waals surface area contributed by atoms with E-state index in [9.17, 15) is 0 Å². The summed E-state index contributed by atoms with van der Waals surface area (Å²) in [7, 11) is 2.03. The molecule has 0 radical (unpaired) electrons. The van der Waals surface area contributed by atoms with Crippen LogP contribution >= 0.6 is 11.6 Å². The van der Waals surface area contributed by atoms with E-state index >= 15 is 0 Å². The fraction of sp³-hybridized carbons (Fsp3) is 0.368. The Morgan fingerprint density at radius 2 is 2.04 bits per heavy atom. The highest BCUT2D eigenvalue weighted by Crippen LogP contribution is 2.16. The second-order valence-electron chi connectivity index (χ2n) is 5.74. The van der Waals surface area contributed by atoms with Crippen molar-refractivity contribution in [2.24, 2.45) is 4.99 Å². The molecule has 2 aromatic rings. The van der Waals surface area contributed by atoms with Crippen LogP contribution in [0.4, 0.5) is 0 Å². The van der Waals surface area contributed by atoms with Gasteiger partial charge >= 0.3 is 0 Å². The zero-order valence-electron chi connectivity index (χ0n) is 14.6. The number of nitrogens with zero attached hydrogens (tertiary/aromatic N) is 3. The van der Waals surface area contributed by atoms with Crippen LogP contribution in [0.15, 0.2) is 47.7 Å². The van der Waals surface area contributed by atoms with Gasteiger partial charge in [0.1, 0.15) is 0 Å². The molecule has 4 nitrogen and oxygen atoms in total. The molecule has 0 saturated heterocycles. The van der Waals surface area contributed by atoms with Gasteiger partial charge in [0, 0.05) is 44.1 Å². The van der Waals surface area contributed by atoms with Crippen molar-refractivity contribution in [1.82, 2.24) is 15.2 Å². The highest BCUT2D eigenvalue weighted by atomic mass is 35.5. The smallest absolute Gasteiger partial charge is 0.193 e. The van der Waals surface area contributed by atoms with E-state index in [4.69, 9.17) is 16.6 Å². The average Bonchev–Trinajstić information content (AvgIpc) is 2.58. The summed E-state index contributed by atoms with van der Waals surface area (Å²) in [5.41, 5.74) is 3.60. The Labute approximate surface area is 149 Å². The van der Waals surface area contributed by atoms with Gasteiger partial charge in [0.2, 0.25) is 0 Å². The highest BCUT2D eigenvalue weighted by Gasteiger charge is 2.08. The second-order valence-corrected chi connectivity index (χ2v) is 6.14. The van der Waals surface area contributed by atoms with Crippen LogP contribution < -0.4 is 5.32 Å². The number of aromatic nitrogens is 1. The largest absolute Gasteiger partial charge is 0.357 e. The van der Waals surface area contributed by atoms with Gasteiger partial charge in [-0.05, 0) is 49.1 Å². The van der Waals surface area contributed by atoms with Gasteiger partial charge in [-0.1, -0.05) is 29.8 Å². The van der Waals surface area contributed by atoms with E-state index in [0.717, 1.165) is 42.6 Å². The number of rotatable bonds is 6.